The Kier molecular flexibility index (Phi) is 5.51. The van der Waals surface area contributed by atoms with E-state index in [1.54, 1.807) is 31.5 Å². The van der Waals surface area contributed by atoms with Crippen molar-refractivity contribution in [2.75, 3.05) is 27.3 Å². The van der Waals surface area contributed by atoms with Crippen molar-refractivity contribution in [1.29, 1.82) is 0 Å². The zero-order valence-electron chi connectivity index (χ0n) is 15.0. The van der Waals surface area contributed by atoms with Crippen LogP contribution in [-0.4, -0.2) is 49.1 Å². The molecule has 0 bridgehead atoms. The first-order chi connectivity index (χ1) is 12.6. The number of methoxy groups -OCH3 is 2. The summed E-state index contributed by atoms with van der Waals surface area (Å²) in [6.07, 6.45) is 3.20. The number of pyridine rings is 1. The Labute approximate surface area is 152 Å². The van der Waals surface area contributed by atoms with Crippen molar-refractivity contribution in [2.24, 2.45) is 5.92 Å². The summed E-state index contributed by atoms with van der Waals surface area (Å²) < 4.78 is 9.88. The molecule has 2 aromatic rings. The second-order valence-electron chi connectivity index (χ2n) is 6.35. The average Bonchev–Trinajstić information content (AvgIpc) is 3.16. The molecule has 6 nitrogen and oxygen atoms in total. The molecule has 0 aliphatic carbocycles. The maximum atomic E-state index is 12.6. The number of likely N-dealkylation sites (tertiary alicyclic amines) is 1. The van der Waals surface area contributed by atoms with E-state index in [4.69, 9.17) is 9.47 Å². The van der Waals surface area contributed by atoms with Crippen molar-refractivity contribution in [1.82, 2.24) is 9.88 Å². The van der Waals surface area contributed by atoms with Crippen LogP contribution in [0.25, 0.3) is 0 Å². The van der Waals surface area contributed by atoms with Gasteiger partial charge in [-0.2, -0.15) is 0 Å². The fourth-order valence-corrected chi connectivity index (χ4v) is 3.31. The number of carbonyl (C=O) groups is 2. The van der Waals surface area contributed by atoms with E-state index < -0.39 is 0 Å². The number of carbonyl (C=O) groups excluding carboxylic acids is 2. The smallest absolute Gasteiger partial charge is 0.338 e. The molecule has 1 amide bonds. The molecule has 0 N–H and O–H groups in total. The molecule has 3 rings (SSSR count). The first kappa shape index (κ1) is 17.9. The summed E-state index contributed by atoms with van der Waals surface area (Å²) in [5, 5.41) is 0. The van der Waals surface area contributed by atoms with E-state index in [-0.39, 0.29) is 11.9 Å². The van der Waals surface area contributed by atoms with Crippen molar-refractivity contribution in [3.05, 3.63) is 59.3 Å². The monoisotopic (exact) mass is 354 g/mol. The first-order valence-electron chi connectivity index (χ1n) is 8.58. The Hall–Kier alpha value is -2.89. The largest absolute Gasteiger partial charge is 0.481 e. The van der Waals surface area contributed by atoms with E-state index in [0.29, 0.717) is 36.0 Å². The van der Waals surface area contributed by atoms with Gasteiger partial charge in [-0.25, -0.2) is 9.78 Å². The van der Waals surface area contributed by atoms with Gasteiger partial charge in [0.15, 0.2) is 0 Å². The predicted octanol–water partition coefficient (Wildman–Crippen LogP) is 2.58. The summed E-state index contributed by atoms with van der Waals surface area (Å²) in [6, 6.07) is 10.9. The molecule has 1 aromatic carbocycles. The predicted molar refractivity (Wildman–Crippen MR) is 96.3 cm³/mol. The summed E-state index contributed by atoms with van der Waals surface area (Å²) >= 11 is 0. The topological polar surface area (TPSA) is 68.7 Å². The Morgan fingerprint density at radius 1 is 1.19 bits per heavy atom. The van der Waals surface area contributed by atoms with Crippen LogP contribution in [0.5, 0.6) is 5.88 Å². The van der Waals surface area contributed by atoms with Gasteiger partial charge in [-0.1, -0.05) is 18.2 Å². The molecule has 0 radical (unpaired) electrons. The molecule has 1 aliphatic heterocycles. The minimum Gasteiger partial charge on any atom is -0.481 e. The van der Waals surface area contributed by atoms with E-state index in [0.717, 1.165) is 18.4 Å². The van der Waals surface area contributed by atoms with E-state index in [9.17, 15) is 9.59 Å². The Morgan fingerprint density at radius 3 is 2.69 bits per heavy atom. The Balaban J connectivity index is 1.65. The summed E-state index contributed by atoms with van der Waals surface area (Å²) in [5.41, 5.74) is 2.12. The van der Waals surface area contributed by atoms with Crippen molar-refractivity contribution in [3.8, 4) is 5.88 Å². The summed E-state index contributed by atoms with van der Waals surface area (Å²) in [6.45, 7) is 1.37. The third kappa shape index (κ3) is 3.85. The van der Waals surface area contributed by atoms with Crippen LogP contribution in [0.1, 0.15) is 32.7 Å². The van der Waals surface area contributed by atoms with Crippen LogP contribution in [0.15, 0.2) is 42.6 Å². The number of hydrogen-bond acceptors (Lipinski definition) is 5. The fraction of sp³-hybridized carbons (Fsp3) is 0.350. The summed E-state index contributed by atoms with van der Waals surface area (Å²) in [5.74, 6) is 0.455. The number of benzene rings is 1. The van der Waals surface area contributed by atoms with Crippen LogP contribution in [0.3, 0.4) is 0 Å². The molecule has 26 heavy (non-hydrogen) atoms. The van der Waals surface area contributed by atoms with Crippen molar-refractivity contribution in [2.45, 2.75) is 12.8 Å². The molecule has 1 atom stereocenters. The van der Waals surface area contributed by atoms with Crippen LogP contribution in [0.2, 0.25) is 0 Å². The van der Waals surface area contributed by atoms with Gasteiger partial charge < -0.3 is 14.4 Å². The second-order valence-corrected chi connectivity index (χ2v) is 6.35. The number of amides is 1. The Morgan fingerprint density at radius 2 is 2.00 bits per heavy atom. The van der Waals surface area contributed by atoms with Gasteiger partial charge in [-0.15, -0.1) is 0 Å². The molecule has 1 aromatic heterocycles. The van der Waals surface area contributed by atoms with E-state index >= 15 is 0 Å². The van der Waals surface area contributed by atoms with E-state index in [1.165, 1.54) is 7.11 Å². The molecule has 2 heterocycles. The molecular weight excluding hydrogens is 332 g/mol. The van der Waals surface area contributed by atoms with Gasteiger partial charge in [0, 0.05) is 25.4 Å². The number of ether oxygens (including phenoxy) is 2. The van der Waals surface area contributed by atoms with Gasteiger partial charge in [0.1, 0.15) is 0 Å². The lowest BCUT2D eigenvalue weighted by Crippen LogP contribution is -2.29. The zero-order valence-corrected chi connectivity index (χ0v) is 15.0. The lowest BCUT2D eigenvalue weighted by atomic mass is 9.95. The fourth-order valence-electron chi connectivity index (χ4n) is 3.31. The lowest BCUT2D eigenvalue weighted by molar-refractivity contribution is 0.0598. The molecule has 1 saturated heterocycles. The van der Waals surface area contributed by atoms with Gasteiger partial charge in [0.05, 0.1) is 25.3 Å². The van der Waals surface area contributed by atoms with Crippen molar-refractivity contribution in [3.63, 3.8) is 0 Å². The summed E-state index contributed by atoms with van der Waals surface area (Å²) in [4.78, 5) is 30.5. The molecule has 6 heteroatoms. The van der Waals surface area contributed by atoms with Crippen LogP contribution in [0.4, 0.5) is 0 Å². The quantitative estimate of drug-likeness (QED) is 0.772. The number of rotatable bonds is 5. The van der Waals surface area contributed by atoms with Crippen LogP contribution in [0, 0.1) is 5.92 Å². The van der Waals surface area contributed by atoms with Gasteiger partial charge in [0.25, 0.3) is 5.91 Å². The zero-order chi connectivity index (χ0) is 18.5. The summed E-state index contributed by atoms with van der Waals surface area (Å²) in [7, 11) is 2.93. The van der Waals surface area contributed by atoms with Gasteiger partial charge in [-0.05, 0) is 36.5 Å². The molecule has 136 valence electrons. The Bertz CT molecular complexity index is 789. The SMILES string of the molecule is COC(=O)c1ccccc1CC1CCN(C(=O)c2ccc(OC)nc2)C1. The lowest BCUT2D eigenvalue weighted by Gasteiger charge is -2.17. The van der Waals surface area contributed by atoms with Crippen LogP contribution in [-0.2, 0) is 11.2 Å². The highest BCUT2D eigenvalue weighted by molar-refractivity contribution is 5.94. The maximum Gasteiger partial charge on any atom is 0.338 e. The highest BCUT2D eigenvalue weighted by atomic mass is 16.5. The van der Waals surface area contributed by atoms with Crippen molar-refractivity contribution >= 4 is 11.9 Å². The first-order valence-corrected chi connectivity index (χ1v) is 8.58. The standard InChI is InChI=1S/C20H22N2O4/c1-25-18-8-7-16(12-21-18)19(23)22-10-9-14(13-22)11-15-5-3-4-6-17(15)20(24)26-2/h3-8,12,14H,9-11,13H2,1-2H3. The molecule has 1 fully saturated rings. The third-order valence-electron chi connectivity index (χ3n) is 4.70. The molecule has 1 unspecified atom stereocenters. The number of nitrogens with zero attached hydrogens (tertiary/aromatic N) is 2. The third-order valence-corrected chi connectivity index (χ3v) is 4.70. The van der Waals surface area contributed by atoms with Gasteiger partial charge >= 0.3 is 5.97 Å². The van der Waals surface area contributed by atoms with Crippen LogP contribution >= 0.6 is 0 Å². The van der Waals surface area contributed by atoms with E-state index in [2.05, 4.69) is 4.98 Å². The number of hydrogen-bond donors (Lipinski definition) is 0. The molecule has 1 aliphatic rings. The molecule has 0 saturated carbocycles. The normalized spacial score (nSPS) is 16.4. The average molecular weight is 354 g/mol. The number of aromatic nitrogens is 1. The van der Waals surface area contributed by atoms with Gasteiger partial charge in [-0.3, -0.25) is 4.79 Å². The molecule has 0 spiro atoms. The van der Waals surface area contributed by atoms with Crippen LogP contribution < -0.4 is 4.74 Å². The van der Waals surface area contributed by atoms with Gasteiger partial charge in [0.2, 0.25) is 5.88 Å². The highest BCUT2D eigenvalue weighted by Crippen LogP contribution is 2.24. The second kappa shape index (κ2) is 7.99. The van der Waals surface area contributed by atoms with Crippen molar-refractivity contribution < 1.29 is 19.1 Å². The number of esters is 1. The minimum atomic E-state index is -0.323. The van der Waals surface area contributed by atoms with E-state index in [1.807, 2.05) is 23.1 Å². The minimum absolute atomic E-state index is 0.0242. The molecular formula is C20H22N2O4. The highest BCUT2D eigenvalue weighted by Gasteiger charge is 2.28. The maximum absolute atomic E-state index is 12.6.